The van der Waals surface area contributed by atoms with E-state index in [1.54, 1.807) is 0 Å². The smallest absolute Gasteiger partial charge is 0.170 e. The largest absolute Gasteiger partial charge is 0.300 e. The molecule has 0 atom stereocenters. The van der Waals surface area contributed by atoms with Crippen molar-refractivity contribution >= 4 is 0 Å². The van der Waals surface area contributed by atoms with E-state index < -0.39 is 0 Å². The van der Waals surface area contributed by atoms with Gasteiger partial charge in [0, 0.05) is 39.1 Å². The number of rotatable bonds is 7. The van der Waals surface area contributed by atoms with Crippen LogP contribution in [0.1, 0.15) is 11.6 Å². The average Bonchev–Trinajstić information content (AvgIpc) is 3.49. The number of nitrogens with zero attached hydrogens (tertiary/aromatic N) is 10. The Morgan fingerprint density at radius 3 is 1.74 bits per heavy atom. The van der Waals surface area contributed by atoms with Crippen LogP contribution in [-0.4, -0.2) is 82.9 Å². The van der Waals surface area contributed by atoms with Crippen LogP contribution in [0.4, 0.5) is 0 Å². The van der Waals surface area contributed by atoms with Gasteiger partial charge in [0.05, 0.1) is 17.9 Å². The Hall–Kier alpha value is -3.50. The Labute approximate surface area is 180 Å². The number of aromatic nitrogens is 8. The molecular formula is C21H24N10. The lowest BCUT2D eigenvalue weighted by atomic mass is 10.2. The Kier molecular flexibility index (Phi) is 5.72. The number of para-hydroxylation sites is 2. The highest BCUT2D eigenvalue weighted by molar-refractivity contribution is 5.31. The van der Waals surface area contributed by atoms with Gasteiger partial charge in [0.25, 0.3) is 0 Å². The summed E-state index contributed by atoms with van der Waals surface area (Å²) < 4.78 is 3.63. The van der Waals surface area contributed by atoms with Crippen LogP contribution in [-0.2, 0) is 13.0 Å². The molecule has 0 N–H and O–H groups in total. The van der Waals surface area contributed by atoms with Crippen molar-refractivity contribution in [3.8, 4) is 11.4 Å². The van der Waals surface area contributed by atoms with Gasteiger partial charge in [-0.2, -0.15) is 9.36 Å². The lowest BCUT2D eigenvalue weighted by Crippen LogP contribution is -2.46. The van der Waals surface area contributed by atoms with E-state index in [2.05, 4.69) is 40.9 Å². The Morgan fingerprint density at radius 2 is 1.13 bits per heavy atom. The second-order valence-electron chi connectivity index (χ2n) is 7.55. The molecule has 0 bridgehead atoms. The average molecular weight is 416 g/mol. The zero-order valence-electron chi connectivity index (χ0n) is 17.2. The van der Waals surface area contributed by atoms with Crippen LogP contribution in [0, 0.1) is 0 Å². The summed E-state index contributed by atoms with van der Waals surface area (Å²) in [7, 11) is 0. The van der Waals surface area contributed by atoms with Crippen LogP contribution in [0.3, 0.4) is 0 Å². The Balaban J connectivity index is 1.14. The fourth-order valence-electron chi connectivity index (χ4n) is 3.83. The van der Waals surface area contributed by atoms with E-state index in [0.717, 1.165) is 68.7 Å². The summed E-state index contributed by atoms with van der Waals surface area (Å²) in [4.78, 5) is 4.86. The number of hydrogen-bond acceptors (Lipinski definition) is 8. The van der Waals surface area contributed by atoms with Gasteiger partial charge < -0.3 is 4.90 Å². The molecule has 2 aromatic carbocycles. The first-order valence-corrected chi connectivity index (χ1v) is 10.5. The topological polar surface area (TPSA) is 93.7 Å². The van der Waals surface area contributed by atoms with Crippen LogP contribution in [0.15, 0.2) is 60.7 Å². The predicted molar refractivity (Wildman–Crippen MR) is 114 cm³/mol. The highest BCUT2D eigenvalue weighted by atomic mass is 15.6. The van der Waals surface area contributed by atoms with E-state index in [4.69, 9.17) is 0 Å². The third-order valence-electron chi connectivity index (χ3n) is 5.55. The Bertz CT molecular complexity index is 1080. The lowest BCUT2D eigenvalue weighted by Gasteiger charge is -2.34. The molecule has 5 rings (SSSR count). The molecule has 158 valence electrons. The van der Waals surface area contributed by atoms with Crippen molar-refractivity contribution in [1.82, 2.24) is 50.2 Å². The molecule has 10 heteroatoms. The summed E-state index contributed by atoms with van der Waals surface area (Å²) in [5.41, 5.74) is 1.97. The molecule has 3 heterocycles. The molecule has 0 spiro atoms. The molecule has 10 nitrogen and oxygen atoms in total. The van der Waals surface area contributed by atoms with Gasteiger partial charge in [-0.05, 0) is 45.1 Å². The van der Waals surface area contributed by atoms with Crippen LogP contribution in [0.5, 0.6) is 0 Å². The number of benzene rings is 2. The second kappa shape index (κ2) is 9.11. The minimum absolute atomic E-state index is 0.738. The molecule has 1 fully saturated rings. The van der Waals surface area contributed by atoms with Gasteiger partial charge >= 0.3 is 0 Å². The summed E-state index contributed by atoms with van der Waals surface area (Å²) in [6, 6.07) is 20.0. The molecule has 0 unspecified atom stereocenters. The molecular weight excluding hydrogens is 392 g/mol. The first-order chi connectivity index (χ1) is 15.4. The zero-order valence-corrected chi connectivity index (χ0v) is 17.2. The van der Waals surface area contributed by atoms with Crippen LogP contribution in [0.25, 0.3) is 11.4 Å². The van der Waals surface area contributed by atoms with Crippen molar-refractivity contribution in [2.75, 3.05) is 32.7 Å². The molecule has 0 amide bonds. The quantitative estimate of drug-likeness (QED) is 0.440. The van der Waals surface area contributed by atoms with E-state index in [1.807, 2.05) is 70.0 Å². The first-order valence-electron chi connectivity index (χ1n) is 10.5. The van der Waals surface area contributed by atoms with Crippen molar-refractivity contribution in [3.63, 3.8) is 0 Å². The molecule has 31 heavy (non-hydrogen) atoms. The standard InChI is InChI=1S/C21H24N10/c1-3-7-18(8-4-1)30-20(22-24-26-30)11-12-28-13-15-29(16-14-28)17-21-23-25-27-31(21)19-9-5-2-6-10-19/h1-10H,11-17H2. The highest BCUT2D eigenvalue weighted by Crippen LogP contribution is 2.12. The van der Waals surface area contributed by atoms with E-state index in [9.17, 15) is 0 Å². The van der Waals surface area contributed by atoms with E-state index in [1.165, 1.54) is 0 Å². The number of tetrazole rings is 2. The van der Waals surface area contributed by atoms with E-state index in [-0.39, 0.29) is 0 Å². The molecule has 0 saturated carbocycles. The molecule has 0 radical (unpaired) electrons. The fourth-order valence-corrected chi connectivity index (χ4v) is 3.83. The van der Waals surface area contributed by atoms with Crippen molar-refractivity contribution < 1.29 is 0 Å². The van der Waals surface area contributed by atoms with Crippen molar-refractivity contribution in [2.24, 2.45) is 0 Å². The normalized spacial score (nSPS) is 15.4. The third-order valence-corrected chi connectivity index (χ3v) is 5.55. The zero-order chi connectivity index (χ0) is 20.9. The predicted octanol–water partition coefficient (Wildman–Crippen LogP) is 0.998. The number of hydrogen-bond donors (Lipinski definition) is 0. The van der Waals surface area contributed by atoms with Crippen LogP contribution < -0.4 is 0 Å². The summed E-state index contributed by atoms with van der Waals surface area (Å²) >= 11 is 0. The summed E-state index contributed by atoms with van der Waals surface area (Å²) in [5, 5.41) is 24.5. The first kappa shape index (κ1) is 19.5. The van der Waals surface area contributed by atoms with E-state index in [0.29, 0.717) is 0 Å². The maximum absolute atomic E-state index is 4.24. The summed E-state index contributed by atoms with van der Waals surface area (Å²) in [5.74, 6) is 1.75. The van der Waals surface area contributed by atoms with Gasteiger partial charge in [0.1, 0.15) is 0 Å². The van der Waals surface area contributed by atoms with Crippen molar-refractivity contribution in [3.05, 3.63) is 72.3 Å². The summed E-state index contributed by atoms with van der Waals surface area (Å²) in [6.45, 7) is 5.63. The van der Waals surface area contributed by atoms with Gasteiger partial charge in [-0.25, -0.2) is 0 Å². The van der Waals surface area contributed by atoms with Crippen LogP contribution in [0.2, 0.25) is 0 Å². The van der Waals surface area contributed by atoms with Crippen molar-refractivity contribution in [2.45, 2.75) is 13.0 Å². The molecule has 4 aromatic rings. The molecule has 2 aromatic heterocycles. The lowest BCUT2D eigenvalue weighted by molar-refractivity contribution is 0.124. The van der Waals surface area contributed by atoms with Gasteiger partial charge in [0.2, 0.25) is 0 Å². The maximum Gasteiger partial charge on any atom is 0.170 e. The minimum atomic E-state index is 0.738. The highest BCUT2D eigenvalue weighted by Gasteiger charge is 2.20. The van der Waals surface area contributed by atoms with Crippen LogP contribution >= 0.6 is 0 Å². The third kappa shape index (κ3) is 4.49. The molecule has 1 aliphatic rings. The molecule has 1 aliphatic heterocycles. The van der Waals surface area contributed by atoms with Gasteiger partial charge in [0.15, 0.2) is 11.6 Å². The second-order valence-corrected chi connectivity index (χ2v) is 7.55. The summed E-state index contributed by atoms with van der Waals surface area (Å²) in [6.07, 6.45) is 0.814. The van der Waals surface area contributed by atoms with Gasteiger partial charge in [-0.3, -0.25) is 4.90 Å². The monoisotopic (exact) mass is 416 g/mol. The van der Waals surface area contributed by atoms with Gasteiger partial charge in [-0.15, -0.1) is 10.2 Å². The van der Waals surface area contributed by atoms with E-state index >= 15 is 0 Å². The molecule has 1 saturated heterocycles. The molecule has 0 aliphatic carbocycles. The fraction of sp³-hybridized carbons (Fsp3) is 0.333. The van der Waals surface area contributed by atoms with Gasteiger partial charge in [-0.1, -0.05) is 36.4 Å². The maximum atomic E-state index is 4.24. The Morgan fingerprint density at radius 1 is 0.613 bits per heavy atom. The SMILES string of the molecule is c1ccc(-n2nnnc2CCN2CCN(Cc3nnnn3-c3ccccc3)CC2)cc1. The number of piperazine rings is 1. The van der Waals surface area contributed by atoms with Crippen molar-refractivity contribution in [1.29, 1.82) is 0 Å². The minimum Gasteiger partial charge on any atom is -0.300 e.